The van der Waals surface area contributed by atoms with E-state index in [4.69, 9.17) is 4.74 Å². The fraction of sp³-hybridized carbons (Fsp3) is 0.750. The van der Waals surface area contributed by atoms with Crippen LogP contribution in [0, 0.1) is 17.8 Å². The molecule has 3 aliphatic rings. The van der Waals surface area contributed by atoms with Crippen LogP contribution in [-0.4, -0.2) is 48.1 Å². The molecule has 1 N–H and O–H groups in total. The highest BCUT2D eigenvalue weighted by Crippen LogP contribution is 2.35. The van der Waals surface area contributed by atoms with Gasteiger partial charge in [-0.3, -0.25) is 9.69 Å². The zero-order valence-corrected chi connectivity index (χ0v) is 13.6. The van der Waals surface area contributed by atoms with Crippen molar-refractivity contribution in [3.8, 4) is 0 Å². The highest BCUT2D eigenvalue weighted by atomic mass is 32.1. The number of carbonyl (C=O) groups is 1. The van der Waals surface area contributed by atoms with Gasteiger partial charge in [-0.1, -0.05) is 0 Å². The van der Waals surface area contributed by atoms with Crippen molar-refractivity contribution in [2.24, 2.45) is 17.8 Å². The molecule has 1 aromatic heterocycles. The summed E-state index contributed by atoms with van der Waals surface area (Å²) >= 11 is 1.73. The molecule has 3 fully saturated rings. The van der Waals surface area contributed by atoms with Gasteiger partial charge in [-0.05, 0) is 31.7 Å². The van der Waals surface area contributed by atoms with Crippen LogP contribution in [0.4, 0.5) is 0 Å². The molecule has 4 rings (SSSR count). The normalized spacial score (nSPS) is 31.9. The number of fused-ring (bicyclic) bond motifs is 1. The van der Waals surface area contributed by atoms with Crippen LogP contribution in [0.1, 0.15) is 24.3 Å². The average Bonchev–Trinajstić information content (AvgIpc) is 3.12. The molecular formula is C16H23N3O2S. The van der Waals surface area contributed by atoms with Crippen LogP contribution < -0.4 is 5.32 Å². The van der Waals surface area contributed by atoms with Crippen molar-refractivity contribution < 1.29 is 9.53 Å². The third kappa shape index (κ3) is 3.19. The second-order valence-corrected chi connectivity index (χ2v) is 7.74. The van der Waals surface area contributed by atoms with Crippen molar-refractivity contribution in [2.45, 2.75) is 31.9 Å². The highest BCUT2D eigenvalue weighted by molar-refractivity contribution is 7.09. The minimum Gasteiger partial charge on any atom is -0.376 e. The molecule has 120 valence electrons. The number of thiazole rings is 1. The van der Waals surface area contributed by atoms with Gasteiger partial charge in [0.15, 0.2) is 0 Å². The largest absolute Gasteiger partial charge is 0.376 e. The lowest BCUT2D eigenvalue weighted by molar-refractivity contribution is -0.122. The quantitative estimate of drug-likeness (QED) is 0.893. The molecule has 0 unspecified atom stereocenters. The summed E-state index contributed by atoms with van der Waals surface area (Å²) in [5.41, 5.74) is 0. The summed E-state index contributed by atoms with van der Waals surface area (Å²) in [6, 6.07) is 0. The zero-order valence-electron chi connectivity index (χ0n) is 12.7. The second-order valence-electron chi connectivity index (χ2n) is 6.76. The Kier molecular flexibility index (Phi) is 4.15. The lowest BCUT2D eigenvalue weighted by Crippen LogP contribution is -2.45. The van der Waals surface area contributed by atoms with Crippen LogP contribution in [-0.2, 0) is 16.1 Å². The van der Waals surface area contributed by atoms with Crippen LogP contribution in [0.5, 0.6) is 0 Å². The first-order valence-corrected chi connectivity index (χ1v) is 9.17. The van der Waals surface area contributed by atoms with Crippen LogP contribution >= 0.6 is 11.3 Å². The molecule has 0 spiro atoms. The molecule has 6 heteroatoms. The van der Waals surface area contributed by atoms with Gasteiger partial charge in [0.1, 0.15) is 5.01 Å². The Bertz CT molecular complexity index is 517. The van der Waals surface area contributed by atoms with Gasteiger partial charge in [-0.25, -0.2) is 4.98 Å². The van der Waals surface area contributed by atoms with Gasteiger partial charge in [0.2, 0.25) is 5.91 Å². The molecule has 1 amide bonds. The number of ether oxygens (including phenoxy) is 1. The third-order valence-electron chi connectivity index (χ3n) is 5.16. The van der Waals surface area contributed by atoms with Gasteiger partial charge in [0.25, 0.3) is 0 Å². The summed E-state index contributed by atoms with van der Waals surface area (Å²) in [4.78, 5) is 18.7. The molecule has 2 saturated heterocycles. The summed E-state index contributed by atoms with van der Waals surface area (Å²) in [6.07, 6.45) is 5.38. The number of hydrogen-bond donors (Lipinski definition) is 1. The van der Waals surface area contributed by atoms with Crippen LogP contribution in [0.15, 0.2) is 11.6 Å². The fourth-order valence-corrected chi connectivity index (χ4v) is 4.32. The fourth-order valence-electron chi connectivity index (χ4n) is 3.67. The average molecular weight is 321 g/mol. The van der Waals surface area contributed by atoms with E-state index in [0.29, 0.717) is 18.4 Å². The molecule has 1 aliphatic carbocycles. The number of carbonyl (C=O) groups excluding carboxylic acids is 1. The minimum atomic E-state index is 0.187. The first kappa shape index (κ1) is 14.6. The van der Waals surface area contributed by atoms with E-state index in [0.717, 1.165) is 39.1 Å². The van der Waals surface area contributed by atoms with E-state index in [2.05, 4.69) is 15.2 Å². The van der Waals surface area contributed by atoms with Gasteiger partial charge >= 0.3 is 0 Å². The first-order valence-electron chi connectivity index (χ1n) is 8.29. The third-order valence-corrected chi connectivity index (χ3v) is 5.92. The van der Waals surface area contributed by atoms with E-state index in [1.165, 1.54) is 11.4 Å². The van der Waals surface area contributed by atoms with Crippen molar-refractivity contribution in [1.82, 2.24) is 15.2 Å². The maximum Gasteiger partial charge on any atom is 0.223 e. The van der Waals surface area contributed by atoms with Crippen molar-refractivity contribution >= 4 is 17.2 Å². The van der Waals surface area contributed by atoms with E-state index in [9.17, 15) is 4.79 Å². The molecular weight excluding hydrogens is 298 g/mol. The van der Waals surface area contributed by atoms with E-state index in [1.54, 1.807) is 11.3 Å². The number of piperidine rings is 1. The number of nitrogens with zero attached hydrogens (tertiary/aromatic N) is 2. The van der Waals surface area contributed by atoms with Crippen molar-refractivity contribution in [3.63, 3.8) is 0 Å². The van der Waals surface area contributed by atoms with Crippen molar-refractivity contribution in [3.05, 3.63) is 16.6 Å². The van der Waals surface area contributed by atoms with Gasteiger partial charge in [-0.2, -0.15) is 0 Å². The van der Waals surface area contributed by atoms with Gasteiger partial charge < -0.3 is 10.1 Å². The van der Waals surface area contributed by atoms with Crippen LogP contribution in [0.3, 0.4) is 0 Å². The second kappa shape index (κ2) is 6.26. The molecule has 0 radical (unpaired) electrons. The molecule has 2 aliphatic heterocycles. The first-order chi connectivity index (χ1) is 10.8. The van der Waals surface area contributed by atoms with Crippen LogP contribution in [0.25, 0.3) is 0 Å². The summed E-state index contributed by atoms with van der Waals surface area (Å²) in [5, 5.41) is 6.32. The van der Waals surface area contributed by atoms with E-state index in [1.807, 2.05) is 11.6 Å². The summed E-state index contributed by atoms with van der Waals surface area (Å²) in [7, 11) is 0. The van der Waals surface area contributed by atoms with E-state index < -0.39 is 0 Å². The molecule has 3 atom stereocenters. The Balaban J connectivity index is 1.31. The predicted octanol–water partition coefficient (Wildman–Crippen LogP) is 1.51. The standard InChI is InChI=1S/C16H23N3O2S/c20-16(11-1-2-11)18-7-14-13-8-19(5-3-12(13)10-21-14)9-15-17-4-6-22-15/h4,6,11-14H,1-3,5,7-10H2,(H,18,20)/t12-,13-,14+/m0/s1. The summed E-state index contributed by atoms with van der Waals surface area (Å²) in [6.45, 7) is 4.68. The molecule has 0 bridgehead atoms. The number of hydrogen-bond acceptors (Lipinski definition) is 5. The lowest BCUT2D eigenvalue weighted by atomic mass is 9.84. The topological polar surface area (TPSA) is 54.5 Å². The molecule has 0 aromatic carbocycles. The summed E-state index contributed by atoms with van der Waals surface area (Å²) < 4.78 is 5.98. The molecule has 5 nitrogen and oxygen atoms in total. The minimum absolute atomic E-state index is 0.187. The maximum atomic E-state index is 11.8. The Hall–Kier alpha value is -0.980. The van der Waals surface area contributed by atoms with Crippen molar-refractivity contribution in [2.75, 3.05) is 26.2 Å². The van der Waals surface area contributed by atoms with Gasteiger partial charge in [0.05, 0.1) is 19.3 Å². The Morgan fingerprint density at radius 2 is 2.36 bits per heavy atom. The number of aromatic nitrogens is 1. The highest BCUT2D eigenvalue weighted by Gasteiger charge is 2.41. The Morgan fingerprint density at radius 1 is 1.45 bits per heavy atom. The number of rotatable bonds is 5. The molecule has 1 saturated carbocycles. The Morgan fingerprint density at radius 3 is 3.14 bits per heavy atom. The summed E-state index contributed by atoms with van der Waals surface area (Å²) in [5.74, 6) is 1.72. The predicted molar refractivity (Wildman–Crippen MR) is 84.5 cm³/mol. The SMILES string of the molecule is O=C(NC[C@H]1OC[C@@H]2CCN(Cc3nccs3)C[C@@H]21)C1CC1. The van der Waals surface area contributed by atoms with E-state index in [-0.39, 0.29) is 17.9 Å². The molecule has 22 heavy (non-hydrogen) atoms. The number of nitrogens with one attached hydrogen (secondary N) is 1. The van der Waals surface area contributed by atoms with Crippen LogP contribution in [0.2, 0.25) is 0 Å². The number of amides is 1. The number of likely N-dealkylation sites (tertiary alicyclic amines) is 1. The van der Waals surface area contributed by atoms with Gasteiger partial charge in [-0.15, -0.1) is 11.3 Å². The zero-order chi connectivity index (χ0) is 14.9. The smallest absolute Gasteiger partial charge is 0.223 e. The maximum absolute atomic E-state index is 11.8. The van der Waals surface area contributed by atoms with Gasteiger partial charge in [0, 0.05) is 36.5 Å². The molecule has 3 heterocycles. The van der Waals surface area contributed by atoms with Crippen molar-refractivity contribution in [1.29, 1.82) is 0 Å². The monoisotopic (exact) mass is 321 g/mol. The lowest BCUT2D eigenvalue weighted by Gasteiger charge is -2.35. The molecule has 1 aromatic rings. The van der Waals surface area contributed by atoms with E-state index >= 15 is 0 Å². The Labute approximate surface area is 135 Å².